The molecule has 1 N–H and O–H groups in total. The van der Waals surface area contributed by atoms with Crippen LogP contribution in [0.15, 0.2) is 76.0 Å². The van der Waals surface area contributed by atoms with Crippen LogP contribution in [-0.2, 0) is 20.0 Å². The number of halogens is 1. The van der Waals surface area contributed by atoms with Crippen LogP contribution >= 0.6 is 22.9 Å². The molecule has 7 nitrogen and oxygen atoms in total. The number of hydrogen-bond acceptors (Lipinski definition) is 6. The van der Waals surface area contributed by atoms with Gasteiger partial charge in [0.15, 0.2) is 0 Å². The zero-order chi connectivity index (χ0) is 22.2. The van der Waals surface area contributed by atoms with Gasteiger partial charge in [0.2, 0.25) is 10.0 Å². The van der Waals surface area contributed by atoms with Crippen LogP contribution in [0.3, 0.4) is 0 Å². The second-order valence-corrected chi connectivity index (χ2v) is 11.9. The van der Waals surface area contributed by atoms with Gasteiger partial charge in [-0.1, -0.05) is 41.9 Å². The third-order valence-electron chi connectivity index (χ3n) is 4.62. The molecule has 4 rings (SSSR count). The molecule has 0 radical (unpaired) electrons. The number of thiophene rings is 1. The number of nitrogens with zero attached hydrogens (tertiary/aromatic N) is 2. The Labute approximate surface area is 190 Å². The van der Waals surface area contributed by atoms with Crippen molar-refractivity contribution in [1.82, 2.24) is 4.41 Å². The lowest BCUT2D eigenvalue weighted by molar-refractivity contribution is 0.375. The van der Waals surface area contributed by atoms with E-state index in [-0.39, 0.29) is 4.90 Å². The normalized spacial score (nSPS) is 16.9. The molecule has 162 valence electrons. The summed E-state index contributed by atoms with van der Waals surface area (Å²) in [5.41, 5.74) is 1.34. The predicted octanol–water partition coefficient (Wildman–Crippen LogP) is 4.31. The van der Waals surface area contributed by atoms with E-state index in [4.69, 9.17) is 11.6 Å². The van der Waals surface area contributed by atoms with Crippen LogP contribution in [0.5, 0.6) is 0 Å². The summed E-state index contributed by atoms with van der Waals surface area (Å²) in [5, 5.41) is 6.63. The summed E-state index contributed by atoms with van der Waals surface area (Å²) in [5.74, 6) is 0. The first-order chi connectivity index (χ1) is 14.6. The molecule has 0 aliphatic carbocycles. The van der Waals surface area contributed by atoms with E-state index < -0.39 is 26.1 Å². The molecule has 1 atom stereocenters. The molecule has 3 aromatic rings. The summed E-state index contributed by atoms with van der Waals surface area (Å²) in [6.07, 6.45) is 1.35. The third-order valence-corrected chi connectivity index (χ3v) is 8.10. The van der Waals surface area contributed by atoms with Crippen molar-refractivity contribution in [2.24, 2.45) is 5.10 Å². The third kappa shape index (κ3) is 4.62. The first-order valence-electron chi connectivity index (χ1n) is 9.13. The second-order valence-electron chi connectivity index (χ2n) is 6.94. The lowest BCUT2D eigenvalue weighted by Crippen LogP contribution is -2.26. The minimum atomic E-state index is -4.00. The number of anilines is 1. The molecular formula is C20H18ClN3O4S3. The first kappa shape index (κ1) is 21.8. The fraction of sp³-hybridized carbons (Fsp3) is 0.150. The number of para-hydroxylation sites is 1. The van der Waals surface area contributed by atoms with Crippen molar-refractivity contribution in [2.75, 3.05) is 11.0 Å². The van der Waals surface area contributed by atoms with Gasteiger partial charge < -0.3 is 0 Å². The minimum absolute atomic E-state index is 0.0362. The Hall–Kier alpha value is -2.40. The molecule has 0 fully saturated rings. The molecule has 0 bridgehead atoms. The van der Waals surface area contributed by atoms with E-state index in [1.807, 2.05) is 17.5 Å². The van der Waals surface area contributed by atoms with Gasteiger partial charge in [-0.25, -0.2) is 8.42 Å². The quantitative estimate of drug-likeness (QED) is 0.551. The number of sulfonamides is 2. The lowest BCUT2D eigenvalue weighted by Gasteiger charge is -2.22. The molecule has 31 heavy (non-hydrogen) atoms. The molecule has 11 heteroatoms. The van der Waals surface area contributed by atoms with E-state index in [0.717, 1.165) is 15.5 Å². The smallest absolute Gasteiger partial charge is 0.279 e. The highest BCUT2D eigenvalue weighted by Crippen LogP contribution is 2.40. The molecule has 0 amide bonds. The summed E-state index contributed by atoms with van der Waals surface area (Å²) in [7, 11) is -7.52. The van der Waals surface area contributed by atoms with Gasteiger partial charge in [0.05, 0.1) is 22.6 Å². The monoisotopic (exact) mass is 495 g/mol. The Morgan fingerprint density at radius 2 is 1.84 bits per heavy atom. The summed E-state index contributed by atoms with van der Waals surface area (Å²) >= 11 is 7.45. The second kappa shape index (κ2) is 8.27. The van der Waals surface area contributed by atoms with Crippen LogP contribution in [0.4, 0.5) is 5.69 Å². The van der Waals surface area contributed by atoms with E-state index in [2.05, 4.69) is 9.82 Å². The minimum Gasteiger partial charge on any atom is -0.283 e. The van der Waals surface area contributed by atoms with Gasteiger partial charge in [-0.15, -0.1) is 11.3 Å². The highest BCUT2D eigenvalue weighted by molar-refractivity contribution is 7.92. The molecule has 2 heterocycles. The van der Waals surface area contributed by atoms with Gasteiger partial charge in [-0.3, -0.25) is 4.72 Å². The van der Waals surface area contributed by atoms with Crippen molar-refractivity contribution in [3.8, 4) is 0 Å². The Balaban J connectivity index is 1.82. The highest BCUT2D eigenvalue weighted by Gasteiger charge is 2.38. The van der Waals surface area contributed by atoms with E-state index in [1.165, 1.54) is 23.5 Å². The van der Waals surface area contributed by atoms with Crippen LogP contribution in [-0.4, -0.2) is 33.2 Å². The Bertz CT molecular complexity index is 1350. The first-order valence-corrected chi connectivity index (χ1v) is 13.7. The van der Waals surface area contributed by atoms with Crippen LogP contribution < -0.4 is 4.72 Å². The van der Waals surface area contributed by atoms with Crippen molar-refractivity contribution < 1.29 is 16.8 Å². The van der Waals surface area contributed by atoms with Gasteiger partial charge in [-0.05, 0) is 35.7 Å². The zero-order valence-corrected chi connectivity index (χ0v) is 19.5. The van der Waals surface area contributed by atoms with Gasteiger partial charge in [0, 0.05) is 21.9 Å². The largest absolute Gasteiger partial charge is 0.283 e. The molecule has 0 saturated heterocycles. The maximum absolute atomic E-state index is 13.4. The van der Waals surface area contributed by atoms with Gasteiger partial charge >= 0.3 is 0 Å². The molecule has 0 unspecified atom stereocenters. The number of nitrogens with one attached hydrogen (secondary N) is 1. The topological polar surface area (TPSA) is 95.9 Å². The highest BCUT2D eigenvalue weighted by atomic mass is 35.5. The molecule has 1 aliphatic heterocycles. The van der Waals surface area contributed by atoms with Crippen molar-refractivity contribution in [1.29, 1.82) is 0 Å². The maximum atomic E-state index is 13.4. The Kier molecular flexibility index (Phi) is 5.82. The summed E-state index contributed by atoms with van der Waals surface area (Å²) in [4.78, 5) is 0.868. The molecule has 1 aromatic heterocycles. The molecule has 1 aliphatic rings. The fourth-order valence-electron chi connectivity index (χ4n) is 3.33. The van der Waals surface area contributed by atoms with E-state index in [0.29, 0.717) is 28.4 Å². The van der Waals surface area contributed by atoms with Crippen molar-refractivity contribution in [3.05, 3.63) is 81.5 Å². The average Bonchev–Trinajstić information content (AvgIpc) is 3.37. The van der Waals surface area contributed by atoms with Crippen LogP contribution in [0.1, 0.15) is 22.9 Å². The van der Waals surface area contributed by atoms with Crippen LogP contribution in [0.2, 0.25) is 5.02 Å². The Morgan fingerprint density at radius 3 is 2.52 bits per heavy atom. The van der Waals surface area contributed by atoms with Crippen LogP contribution in [0.25, 0.3) is 0 Å². The molecule has 2 aromatic carbocycles. The summed E-state index contributed by atoms with van der Waals surface area (Å²) < 4.78 is 54.0. The number of hydrazone groups is 1. The molecular weight excluding hydrogens is 478 g/mol. The van der Waals surface area contributed by atoms with E-state index >= 15 is 0 Å². The van der Waals surface area contributed by atoms with Crippen molar-refractivity contribution >= 4 is 54.4 Å². The van der Waals surface area contributed by atoms with E-state index in [1.54, 1.807) is 36.4 Å². The maximum Gasteiger partial charge on any atom is 0.279 e. The molecule has 0 spiro atoms. The predicted molar refractivity (Wildman–Crippen MR) is 124 cm³/mol. The van der Waals surface area contributed by atoms with Crippen LogP contribution in [0, 0.1) is 0 Å². The Morgan fingerprint density at radius 1 is 1.06 bits per heavy atom. The SMILES string of the molecule is CS(=O)(=O)Nc1ccccc1C1=NN(S(=O)(=O)c2cccc(Cl)c2)[C@@H](c2cccs2)C1. The van der Waals surface area contributed by atoms with Gasteiger partial charge in [-0.2, -0.15) is 17.9 Å². The molecule has 0 saturated carbocycles. The fourth-order valence-corrected chi connectivity index (χ4v) is 6.51. The number of hydrogen-bond donors (Lipinski definition) is 1. The van der Waals surface area contributed by atoms with E-state index in [9.17, 15) is 16.8 Å². The summed E-state index contributed by atoms with van der Waals surface area (Å²) in [6, 6.07) is 16.0. The summed E-state index contributed by atoms with van der Waals surface area (Å²) in [6.45, 7) is 0. The van der Waals surface area contributed by atoms with Crippen molar-refractivity contribution in [3.63, 3.8) is 0 Å². The lowest BCUT2D eigenvalue weighted by atomic mass is 10.0. The number of rotatable bonds is 6. The van der Waals surface area contributed by atoms with Crippen molar-refractivity contribution in [2.45, 2.75) is 17.4 Å². The average molecular weight is 496 g/mol. The van der Waals surface area contributed by atoms with Gasteiger partial charge in [0.25, 0.3) is 10.0 Å². The zero-order valence-electron chi connectivity index (χ0n) is 16.3. The van der Waals surface area contributed by atoms with Gasteiger partial charge in [0.1, 0.15) is 6.04 Å². The number of benzene rings is 2. The standard InChI is InChI=1S/C20H18ClN3O4S3/c1-30(25,26)23-17-9-3-2-8-16(17)18-13-19(20-10-5-11-29-20)24(22-18)31(27,28)15-7-4-6-14(21)12-15/h2-12,19,23H,13H2,1H3/t19-/m1/s1.